The number of primary amides is 1. The number of aliphatic hydroxyl groups excluding tert-OH is 2. The number of phenolic OH excluding ortho intramolecular Hbond substituents is 2. The Morgan fingerprint density at radius 2 is 1.79 bits per heavy atom. The minimum absolute atomic E-state index is 0.0173. The fourth-order valence-electron chi connectivity index (χ4n) is 6.82. The van der Waals surface area contributed by atoms with Gasteiger partial charge in [-0.3, -0.25) is 34.0 Å². The number of hydrogen-bond donors (Lipinski definition) is 10. The van der Waals surface area contributed by atoms with E-state index in [1.807, 2.05) is 4.98 Å². The topological polar surface area (TPSA) is 372 Å². The molecule has 4 aromatic rings. The molecule has 0 spiro atoms. The van der Waals surface area contributed by atoms with Crippen molar-refractivity contribution < 1.29 is 63.3 Å². The van der Waals surface area contributed by atoms with Crippen molar-refractivity contribution in [2.45, 2.75) is 62.4 Å². The van der Waals surface area contributed by atoms with Crippen LogP contribution < -0.4 is 27.5 Å². The molecule has 1 amide bonds. The van der Waals surface area contributed by atoms with Gasteiger partial charge in [0.2, 0.25) is 17.4 Å². The number of phenols is 2. The number of methoxy groups -OCH3 is 1. The summed E-state index contributed by atoms with van der Waals surface area (Å²) in [6.07, 6.45) is -3.08. The Balaban J connectivity index is 0.000000260. The minimum atomic E-state index is -2.24. The second-order valence-electron chi connectivity index (χ2n) is 14.1. The minimum Gasteiger partial charge on any atom is -0.507 e. The normalized spacial score (nSPS) is 22.7. The van der Waals surface area contributed by atoms with Crippen molar-refractivity contribution in [3.05, 3.63) is 96.5 Å². The molecule has 0 unspecified atom stereocenters. The Morgan fingerprint density at radius 1 is 1.10 bits per heavy atom. The van der Waals surface area contributed by atoms with Crippen molar-refractivity contribution in [3.8, 4) is 17.2 Å². The molecule has 7 rings (SSSR count). The third-order valence-corrected chi connectivity index (χ3v) is 9.76. The number of fused-ring (bicyclic) bond motifs is 3. The second kappa shape index (κ2) is 18.3. The van der Waals surface area contributed by atoms with Crippen molar-refractivity contribution in [1.82, 2.24) is 24.9 Å². The maximum Gasteiger partial charge on any atom is 0.325 e. The zero-order chi connectivity index (χ0) is 45.1. The summed E-state index contributed by atoms with van der Waals surface area (Å²) < 4.78 is 29.0. The first-order valence-corrected chi connectivity index (χ1v) is 18.1. The van der Waals surface area contributed by atoms with Crippen molar-refractivity contribution in [1.29, 1.82) is 0 Å². The third-order valence-electron chi connectivity index (χ3n) is 9.76. The van der Waals surface area contributed by atoms with E-state index < -0.39 is 119 Å². The van der Waals surface area contributed by atoms with E-state index in [-0.39, 0.29) is 45.9 Å². The molecule has 0 bridgehead atoms. The van der Waals surface area contributed by atoms with Gasteiger partial charge < -0.3 is 61.2 Å². The summed E-state index contributed by atoms with van der Waals surface area (Å²) in [5, 5.41) is 62.6. The Bertz CT molecular complexity index is 2490. The number of aromatic amines is 3. The van der Waals surface area contributed by atoms with Gasteiger partial charge in [0.1, 0.15) is 29.5 Å². The molecule has 6 atom stereocenters. The monoisotopic (exact) mass is 855 g/mol. The van der Waals surface area contributed by atoms with Crippen LogP contribution in [0.3, 0.4) is 0 Å². The Labute approximate surface area is 342 Å². The molecular weight excluding hydrogens is 813 g/mol. The first kappa shape index (κ1) is 45.4. The first-order valence-electron chi connectivity index (χ1n) is 18.1. The molecule has 3 aliphatic rings. The summed E-state index contributed by atoms with van der Waals surface area (Å²) >= 11 is 0. The van der Waals surface area contributed by atoms with E-state index in [9.17, 15) is 58.7 Å². The highest BCUT2D eigenvalue weighted by Gasteiger charge is 2.50. The summed E-state index contributed by atoms with van der Waals surface area (Å²) in [6, 6.07) is 3.64. The van der Waals surface area contributed by atoms with Gasteiger partial charge in [0.15, 0.2) is 23.6 Å². The maximum absolute atomic E-state index is 13.6. The van der Waals surface area contributed by atoms with E-state index in [1.165, 1.54) is 36.6 Å². The lowest BCUT2D eigenvalue weighted by Crippen LogP contribution is -2.53. The van der Waals surface area contributed by atoms with E-state index in [4.69, 9.17) is 25.7 Å². The summed E-state index contributed by atoms with van der Waals surface area (Å²) in [6.45, 7) is 0.560. The number of aromatic nitrogens is 4. The molecule has 2 aliphatic carbocycles. The largest absolute Gasteiger partial charge is 0.507 e. The van der Waals surface area contributed by atoms with E-state index in [2.05, 4.69) is 20.3 Å². The molecule has 1 aliphatic heterocycles. The number of carbonyl (C=O) groups excluding carboxylic acids is 4. The Morgan fingerprint density at radius 3 is 2.38 bits per heavy atom. The number of amides is 1. The van der Waals surface area contributed by atoms with Crippen LogP contribution in [0.25, 0.3) is 0 Å². The number of carbonyl (C=O) groups is 4. The Hall–Kier alpha value is -6.70. The number of imidazole rings is 1. The maximum atomic E-state index is 13.6. The number of aromatic hydroxyl groups is 2. The van der Waals surface area contributed by atoms with Crippen molar-refractivity contribution in [2.75, 3.05) is 27.8 Å². The van der Waals surface area contributed by atoms with Gasteiger partial charge in [0.05, 0.1) is 48.4 Å². The predicted octanol–water partition coefficient (Wildman–Crippen LogP) is -0.727. The molecule has 12 N–H and O–H groups in total. The lowest BCUT2D eigenvalue weighted by atomic mass is 9.72. The van der Waals surface area contributed by atoms with Crippen LogP contribution in [0.5, 0.6) is 17.2 Å². The first-order chi connectivity index (χ1) is 28.7. The number of Topliss-reactive ketones (excluding diaryl/α,β-unsaturated/α-hetero) is 1. The zero-order valence-electron chi connectivity index (χ0n) is 32.8. The van der Waals surface area contributed by atoms with Crippen LogP contribution >= 0.6 is 0 Å². The lowest BCUT2D eigenvalue weighted by Gasteiger charge is -2.42. The molecule has 0 saturated carbocycles. The van der Waals surface area contributed by atoms with E-state index in [0.29, 0.717) is 6.20 Å². The molecule has 1 saturated heterocycles. The highest BCUT2D eigenvalue weighted by Crippen LogP contribution is 2.52. The Kier molecular flexibility index (Phi) is 13.6. The molecule has 2 aromatic heterocycles. The van der Waals surface area contributed by atoms with Gasteiger partial charge in [-0.05, 0) is 13.0 Å². The fourth-order valence-corrected chi connectivity index (χ4v) is 6.82. The summed E-state index contributed by atoms with van der Waals surface area (Å²) in [4.78, 5) is 80.8. The average molecular weight is 856 g/mol. The lowest BCUT2D eigenvalue weighted by molar-refractivity contribution is -0.247. The van der Waals surface area contributed by atoms with Crippen molar-refractivity contribution >= 4 is 29.1 Å². The number of ether oxygens (including phenoxy) is 3. The molecule has 1 fully saturated rings. The van der Waals surface area contributed by atoms with Crippen LogP contribution in [0.15, 0.2) is 50.6 Å². The molecule has 2 aromatic carbocycles. The number of H-pyrrole nitrogens is 3. The number of nitrogens with one attached hydrogen (secondary N) is 3. The van der Waals surface area contributed by atoms with Gasteiger partial charge in [-0.1, -0.05) is 17.4 Å². The van der Waals surface area contributed by atoms with E-state index >= 15 is 0 Å². The molecule has 23 nitrogen and oxygen atoms in total. The van der Waals surface area contributed by atoms with Gasteiger partial charge in [-0.15, -0.1) is 5.11 Å². The number of nitrogens with two attached hydrogens (primary N) is 2. The van der Waals surface area contributed by atoms with Crippen LogP contribution in [0, 0.1) is 5.82 Å². The summed E-state index contributed by atoms with van der Waals surface area (Å²) in [7, 11) is 4.74. The van der Waals surface area contributed by atoms with Crippen LogP contribution in [0.1, 0.15) is 79.3 Å². The quantitative estimate of drug-likeness (QED) is 0.0522. The SMILES string of the molecule is CN(C)/N=N/c1nc[nH]c1C(N)=O.COc1cccc2c1C(=O)c1c(O)c3c(c(O)c1C2=O)C[C@@](O)(C(=O)CO)C[C@@H]3O[C@H]1C[C@H](N)[C@@H](O)[C@H](C)O1.O=c1[nH]cc(F)c(=O)[nH]1. The van der Waals surface area contributed by atoms with Crippen LogP contribution in [0.4, 0.5) is 10.2 Å². The molecule has 3 heterocycles. The number of rotatable bonds is 8. The van der Waals surface area contributed by atoms with Crippen molar-refractivity contribution in [2.24, 2.45) is 21.8 Å². The number of aliphatic hydroxyl groups is 3. The zero-order valence-corrected chi connectivity index (χ0v) is 32.8. The van der Waals surface area contributed by atoms with E-state index in [1.54, 1.807) is 26.0 Å². The number of nitrogens with zero attached hydrogens (tertiary/aromatic N) is 4. The second-order valence-corrected chi connectivity index (χ2v) is 14.1. The van der Waals surface area contributed by atoms with Gasteiger partial charge in [0.25, 0.3) is 11.5 Å². The van der Waals surface area contributed by atoms with Gasteiger partial charge >= 0.3 is 5.69 Å². The molecule has 0 radical (unpaired) electrons. The number of ketones is 3. The molecular formula is C37H42FN9O14. The third kappa shape index (κ3) is 9.23. The molecule has 326 valence electrons. The fraction of sp³-hybridized carbons (Fsp3) is 0.378. The standard InChI is InChI=1S/C27H29NO11.C6H10N6O.C4H3FN2O2/c1-10-22(31)13(28)6-17(38-10)39-15-8-27(36,16(30)9-29)7-12-19(15)26(35)21-20(24(12)33)23(32)11-4-3-5-14(37-2)18(11)25(21)34;1-12(2)11-10-6-4(5(7)13)8-3-9-6;5-2-1-6-4(9)7-3(2)8/h3-5,10,13,15,17,22,29,31,33,35-36H,6-9,28H2,1-2H3;3H,1-2H3,(H2,7,13)(H,8,9);1H,(H2,6,7,8,9)/b;11-10+;/t10-,13-,15-,17-,22-,27-;;/m0../s1. The summed E-state index contributed by atoms with van der Waals surface area (Å²) in [5.41, 5.74) is 5.86. The van der Waals surface area contributed by atoms with Crippen LogP contribution in [-0.2, 0) is 20.7 Å². The van der Waals surface area contributed by atoms with Crippen molar-refractivity contribution in [3.63, 3.8) is 0 Å². The smallest absolute Gasteiger partial charge is 0.325 e. The predicted molar refractivity (Wildman–Crippen MR) is 205 cm³/mol. The van der Waals surface area contributed by atoms with Gasteiger partial charge in [-0.25, -0.2) is 9.78 Å². The molecule has 24 heteroatoms. The number of halogens is 1. The van der Waals surface area contributed by atoms with Gasteiger partial charge in [-0.2, -0.15) is 4.39 Å². The highest BCUT2D eigenvalue weighted by molar-refractivity contribution is 6.31. The summed E-state index contributed by atoms with van der Waals surface area (Å²) in [5.74, 6) is -5.18. The van der Waals surface area contributed by atoms with Gasteiger partial charge in [0, 0.05) is 62.3 Å². The van der Waals surface area contributed by atoms with Crippen LogP contribution in [0.2, 0.25) is 0 Å². The number of benzene rings is 2. The average Bonchev–Trinajstić information content (AvgIpc) is 3.70. The number of hydrogen-bond acceptors (Lipinski definition) is 18. The highest BCUT2D eigenvalue weighted by atomic mass is 19.1. The molecule has 61 heavy (non-hydrogen) atoms. The van der Waals surface area contributed by atoms with Crippen LogP contribution in [-0.4, -0.2) is 132 Å². The van der Waals surface area contributed by atoms with E-state index in [0.717, 1.165) is 0 Å².